The Labute approximate surface area is 231 Å². The van der Waals surface area contributed by atoms with E-state index in [-0.39, 0.29) is 23.7 Å². The molecule has 0 aliphatic heterocycles. The monoisotopic (exact) mass is 542 g/mol. The molecule has 0 saturated carbocycles. The number of hydrogen-bond acceptors (Lipinski definition) is 4. The quantitative estimate of drug-likeness (QED) is 0.159. The number of aromatic nitrogens is 2. The second kappa shape index (κ2) is 15.5. The summed E-state index contributed by atoms with van der Waals surface area (Å²) in [4.78, 5) is 8.51. The van der Waals surface area contributed by atoms with E-state index in [0.29, 0.717) is 24.3 Å². The van der Waals surface area contributed by atoms with Crippen LogP contribution in [-0.2, 0) is 0 Å². The van der Waals surface area contributed by atoms with Crippen LogP contribution < -0.4 is 9.47 Å². The molecule has 39 heavy (non-hydrogen) atoms. The molecule has 0 aliphatic carbocycles. The first-order chi connectivity index (χ1) is 18.8. The van der Waals surface area contributed by atoms with Crippen molar-refractivity contribution in [2.45, 2.75) is 90.6 Å². The van der Waals surface area contributed by atoms with Gasteiger partial charge in [0.15, 0.2) is 17.4 Å². The summed E-state index contributed by atoms with van der Waals surface area (Å²) in [6.07, 6.45) is 13.0. The topological polar surface area (TPSA) is 44.2 Å². The van der Waals surface area contributed by atoms with E-state index in [2.05, 4.69) is 23.8 Å². The summed E-state index contributed by atoms with van der Waals surface area (Å²) in [5.74, 6) is -1.50. The van der Waals surface area contributed by atoms with Gasteiger partial charge in [0.05, 0.1) is 12.2 Å². The molecule has 0 fully saturated rings. The van der Waals surface area contributed by atoms with E-state index in [1.807, 2.05) is 12.1 Å². The van der Waals surface area contributed by atoms with Crippen LogP contribution in [0.4, 0.5) is 13.2 Å². The van der Waals surface area contributed by atoms with Crippen LogP contribution in [0.3, 0.4) is 0 Å². The molecule has 1 aromatic heterocycles. The minimum absolute atomic E-state index is 0.00112. The lowest BCUT2D eigenvalue weighted by Crippen LogP contribution is -2.27. The molecule has 0 spiro atoms. The average molecular weight is 543 g/mol. The predicted octanol–water partition coefficient (Wildman–Crippen LogP) is 9.52. The highest BCUT2D eigenvalue weighted by Crippen LogP contribution is 2.30. The highest BCUT2D eigenvalue weighted by Gasteiger charge is 2.23. The predicted molar refractivity (Wildman–Crippen MR) is 151 cm³/mol. The molecule has 0 amide bonds. The zero-order valence-corrected chi connectivity index (χ0v) is 23.4. The van der Waals surface area contributed by atoms with Crippen LogP contribution in [0.2, 0.25) is 0 Å². The molecule has 0 bridgehead atoms. The molecule has 4 nitrogen and oxygen atoms in total. The van der Waals surface area contributed by atoms with Gasteiger partial charge in [0, 0.05) is 18.0 Å². The van der Waals surface area contributed by atoms with E-state index in [0.717, 1.165) is 44.1 Å². The average Bonchev–Trinajstić information content (AvgIpc) is 2.94. The fourth-order valence-electron chi connectivity index (χ4n) is 4.29. The Kier molecular flexibility index (Phi) is 12.1. The van der Waals surface area contributed by atoms with Gasteiger partial charge in [-0.2, -0.15) is 4.39 Å². The molecule has 0 radical (unpaired) electrons. The second-order valence-corrected chi connectivity index (χ2v) is 10.3. The molecule has 3 aromatic rings. The Morgan fingerprint density at radius 3 is 2.05 bits per heavy atom. The van der Waals surface area contributed by atoms with Gasteiger partial charge in [0.2, 0.25) is 5.82 Å². The number of unbranched alkanes of at least 4 members (excludes halogenated alkanes) is 7. The highest BCUT2D eigenvalue weighted by atomic mass is 19.2. The van der Waals surface area contributed by atoms with E-state index in [1.165, 1.54) is 31.4 Å². The van der Waals surface area contributed by atoms with Gasteiger partial charge >= 0.3 is 0 Å². The molecule has 0 N–H and O–H groups in total. The number of alkyl halides is 1. The lowest BCUT2D eigenvalue weighted by molar-refractivity contribution is 0.0907. The summed E-state index contributed by atoms with van der Waals surface area (Å²) < 4.78 is 55.2. The number of halogens is 3. The molecule has 1 atom stereocenters. The normalized spacial score (nSPS) is 12.8. The molecule has 2 aromatic carbocycles. The minimum Gasteiger partial charge on any atom is -0.490 e. The lowest BCUT2D eigenvalue weighted by atomic mass is 10.0. The number of hydrogen-bond donors (Lipinski definition) is 0. The smallest absolute Gasteiger partial charge is 0.201 e. The van der Waals surface area contributed by atoms with Gasteiger partial charge in [-0.1, -0.05) is 77.3 Å². The van der Waals surface area contributed by atoms with Crippen molar-refractivity contribution in [1.29, 1.82) is 0 Å². The maximum absolute atomic E-state index is 14.8. The third-order valence-electron chi connectivity index (χ3n) is 6.72. The van der Waals surface area contributed by atoms with Crippen molar-refractivity contribution in [2.75, 3.05) is 13.2 Å². The third-order valence-corrected chi connectivity index (χ3v) is 6.72. The Hall–Kier alpha value is -3.09. The van der Waals surface area contributed by atoms with Gasteiger partial charge in [-0.3, -0.25) is 0 Å². The van der Waals surface area contributed by atoms with Crippen molar-refractivity contribution in [3.63, 3.8) is 0 Å². The number of nitrogens with zero attached hydrogens (tertiary/aromatic N) is 2. The SMILES string of the molecule is CCCCCCCCOc1ccc(-c2ncc(-c3ccc(OC[C@@](C)(F)CCCCC)cc3)cn2)c(F)c1F. The maximum Gasteiger partial charge on any atom is 0.201 e. The fourth-order valence-corrected chi connectivity index (χ4v) is 4.29. The van der Waals surface area contributed by atoms with Crippen LogP contribution in [0.5, 0.6) is 11.5 Å². The second-order valence-electron chi connectivity index (χ2n) is 10.3. The van der Waals surface area contributed by atoms with Gasteiger partial charge in [-0.05, 0) is 49.6 Å². The van der Waals surface area contributed by atoms with Gasteiger partial charge in [-0.15, -0.1) is 0 Å². The molecule has 3 rings (SSSR count). The van der Waals surface area contributed by atoms with Gasteiger partial charge in [0.25, 0.3) is 0 Å². The molecule has 0 unspecified atom stereocenters. The Bertz CT molecular complexity index is 1140. The standard InChI is InChI=1S/C32H41F3N2O2/c1-4-6-8-9-10-12-20-38-28-18-17-27(29(33)30(28)34)31-36-21-25(22-37-31)24-13-15-26(16-14-24)39-23-32(3,35)19-11-7-5-2/h13-18,21-22H,4-12,19-20,23H2,1-3H3/t32-/m0/s1. The fraction of sp³-hybridized carbons (Fsp3) is 0.500. The summed E-state index contributed by atoms with van der Waals surface area (Å²) in [6, 6.07) is 10.1. The van der Waals surface area contributed by atoms with Crippen LogP contribution in [0.25, 0.3) is 22.5 Å². The van der Waals surface area contributed by atoms with E-state index in [4.69, 9.17) is 9.47 Å². The van der Waals surface area contributed by atoms with Crippen LogP contribution in [0.1, 0.15) is 85.0 Å². The Morgan fingerprint density at radius 2 is 1.36 bits per heavy atom. The van der Waals surface area contributed by atoms with Gasteiger partial charge in [-0.25, -0.2) is 18.7 Å². The van der Waals surface area contributed by atoms with Crippen molar-refractivity contribution < 1.29 is 22.6 Å². The number of benzene rings is 2. The van der Waals surface area contributed by atoms with Crippen LogP contribution >= 0.6 is 0 Å². The first kappa shape index (κ1) is 30.5. The lowest BCUT2D eigenvalue weighted by Gasteiger charge is -2.20. The van der Waals surface area contributed by atoms with E-state index in [1.54, 1.807) is 31.5 Å². The van der Waals surface area contributed by atoms with Crippen molar-refractivity contribution in [3.8, 4) is 34.0 Å². The zero-order valence-electron chi connectivity index (χ0n) is 23.4. The van der Waals surface area contributed by atoms with Crippen molar-refractivity contribution in [1.82, 2.24) is 9.97 Å². The molecule has 7 heteroatoms. The summed E-state index contributed by atoms with van der Waals surface area (Å²) in [7, 11) is 0. The Morgan fingerprint density at radius 1 is 0.718 bits per heavy atom. The van der Waals surface area contributed by atoms with Gasteiger partial charge in [0.1, 0.15) is 18.0 Å². The number of ether oxygens (including phenoxy) is 2. The van der Waals surface area contributed by atoms with E-state index >= 15 is 0 Å². The number of rotatable bonds is 17. The van der Waals surface area contributed by atoms with Crippen LogP contribution in [0.15, 0.2) is 48.8 Å². The van der Waals surface area contributed by atoms with Crippen molar-refractivity contribution in [2.24, 2.45) is 0 Å². The van der Waals surface area contributed by atoms with Crippen LogP contribution in [0, 0.1) is 11.6 Å². The van der Waals surface area contributed by atoms with Gasteiger partial charge < -0.3 is 9.47 Å². The molecule has 0 saturated heterocycles. The highest BCUT2D eigenvalue weighted by molar-refractivity contribution is 5.65. The Balaban J connectivity index is 1.56. The molecule has 0 aliphatic rings. The van der Waals surface area contributed by atoms with Crippen molar-refractivity contribution in [3.05, 3.63) is 60.4 Å². The molecule has 212 valence electrons. The zero-order chi connectivity index (χ0) is 28.1. The first-order valence-electron chi connectivity index (χ1n) is 14.2. The largest absolute Gasteiger partial charge is 0.490 e. The molecular formula is C32H41F3N2O2. The summed E-state index contributed by atoms with van der Waals surface area (Å²) in [5, 5.41) is 0. The maximum atomic E-state index is 14.8. The van der Waals surface area contributed by atoms with E-state index < -0.39 is 17.3 Å². The van der Waals surface area contributed by atoms with Crippen LogP contribution in [-0.4, -0.2) is 28.9 Å². The first-order valence-corrected chi connectivity index (χ1v) is 14.2. The third kappa shape index (κ3) is 9.55. The summed E-state index contributed by atoms with van der Waals surface area (Å²) in [5.41, 5.74) is 0.137. The minimum atomic E-state index is -1.37. The summed E-state index contributed by atoms with van der Waals surface area (Å²) in [6.45, 7) is 6.18. The van der Waals surface area contributed by atoms with Crippen molar-refractivity contribution >= 4 is 0 Å². The summed E-state index contributed by atoms with van der Waals surface area (Å²) >= 11 is 0. The van der Waals surface area contributed by atoms with E-state index in [9.17, 15) is 13.2 Å². The molecular weight excluding hydrogens is 501 g/mol. The molecule has 1 heterocycles.